The summed E-state index contributed by atoms with van der Waals surface area (Å²) < 4.78 is 0. The average Bonchev–Trinajstić information content (AvgIpc) is 2.27. The molecule has 18 heavy (non-hydrogen) atoms. The van der Waals surface area contributed by atoms with Gasteiger partial charge in [-0.3, -0.25) is 9.59 Å². The number of nitrogens with one attached hydrogen (secondary N) is 1. The summed E-state index contributed by atoms with van der Waals surface area (Å²) in [6, 6.07) is -1.24. The van der Waals surface area contributed by atoms with Crippen molar-refractivity contribution in [3.63, 3.8) is 0 Å². The molecule has 0 aliphatic rings. The molecule has 6 N–H and O–H groups in total. The second-order valence-electron chi connectivity index (χ2n) is 4.08. The Morgan fingerprint density at radius 1 is 1.11 bits per heavy atom. The van der Waals surface area contributed by atoms with Crippen LogP contribution in [0.15, 0.2) is 0 Å². The predicted molar refractivity (Wildman–Crippen MR) is 65.5 cm³/mol. The number of rotatable bonds is 10. The van der Waals surface area contributed by atoms with E-state index in [0.29, 0.717) is 13.0 Å². The van der Waals surface area contributed by atoms with E-state index in [9.17, 15) is 14.4 Å². The van der Waals surface area contributed by atoms with Crippen molar-refractivity contribution in [2.45, 2.75) is 44.6 Å². The van der Waals surface area contributed by atoms with Crippen molar-refractivity contribution in [2.75, 3.05) is 6.54 Å². The Morgan fingerprint density at radius 3 is 2.22 bits per heavy atom. The lowest BCUT2D eigenvalue weighted by Crippen LogP contribution is -2.43. The third-order valence-corrected chi connectivity index (χ3v) is 2.40. The van der Waals surface area contributed by atoms with Crippen LogP contribution in [0.2, 0.25) is 0 Å². The topological polar surface area (TPSA) is 136 Å². The Balaban J connectivity index is 3.88. The Morgan fingerprint density at radius 2 is 1.72 bits per heavy atom. The zero-order chi connectivity index (χ0) is 14.0. The Kier molecular flexibility index (Phi) is 8.55. The van der Waals surface area contributed by atoms with E-state index in [1.54, 1.807) is 0 Å². The SMILES string of the molecule is NCCCCCCC(=O)N[C@@H](CC(N)=O)C(=O)O. The lowest BCUT2D eigenvalue weighted by molar-refractivity contribution is -0.143. The first-order valence-electron chi connectivity index (χ1n) is 5.98. The van der Waals surface area contributed by atoms with E-state index in [1.807, 2.05) is 0 Å². The largest absolute Gasteiger partial charge is 0.480 e. The summed E-state index contributed by atoms with van der Waals surface area (Å²) in [5, 5.41) is 11.1. The molecule has 0 aromatic rings. The molecule has 0 aromatic heterocycles. The molecular formula is C11H21N3O4. The van der Waals surface area contributed by atoms with Crippen LogP contribution in [-0.4, -0.2) is 35.5 Å². The maximum atomic E-state index is 11.4. The van der Waals surface area contributed by atoms with Crippen molar-refractivity contribution < 1.29 is 19.5 Å². The van der Waals surface area contributed by atoms with E-state index >= 15 is 0 Å². The number of primary amides is 1. The Bertz CT molecular complexity index is 294. The summed E-state index contributed by atoms with van der Waals surface area (Å²) in [6.07, 6.45) is 3.27. The summed E-state index contributed by atoms with van der Waals surface area (Å²) in [5.41, 5.74) is 10.2. The van der Waals surface area contributed by atoms with Gasteiger partial charge in [0.05, 0.1) is 6.42 Å². The molecule has 0 bridgehead atoms. The fourth-order valence-corrected chi connectivity index (χ4v) is 1.45. The molecule has 0 unspecified atom stereocenters. The number of amides is 2. The van der Waals surface area contributed by atoms with Gasteiger partial charge in [0.1, 0.15) is 6.04 Å². The molecule has 2 amide bonds. The van der Waals surface area contributed by atoms with Gasteiger partial charge in [-0.1, -0.05) is 12.8 Å². The molecular weight excluding hydrogens is 238 g/mol. The highest BCUT2D eigenvalue weighted by Crippen LogP contribution is 2.03. The first-order chi connectivity index (χ1) is 8.47. The molecule has 0 heterocycles. The highest BCUT2D eigenvalue weighted by molar-refractivity contribution is 5.88. The van der Waals surface area contributed by atoms with Gasteiger partial charge in [-0.15, -0.1) is 0 Å². The van der Waals surface area contributed by atoms with Crippen LogP contribution in [0.3, 0.4) is 0 Å². The molecule has 0 aliphatic heterocycles. The molecule has 0 spiro atoms. The summed E-state index contributed by atoms with van der Waals surface area (Å²) >= 11 is 0. The van der Waals surface area contributed by atoms with Gasteiger partial charge < -0.3 is 21.9 Å². The second kappa shape index (κ2) is 9.41. The molecule has 0 radical (unpaired) electrons. The lowest BCUT2D eigenvalue weighted by Gasteiger charge is -2.12. The number of carbonyl (C=O) groups excluding carboxylic acids is 2. The lowest BCUT2D eigenvalue weighted by atomic mass is 10.1. The zero-order valence-corrected chi connectivity index (χ0v) is 10.4. The molecule has 0 aliphatic carbocycles. The van der Waals surface area contributed by atoms with Crippen molar-refractivity contribution >= 4 is 17.8 Å². The number of carboxylic acids is 1. The fraction of sp³-hybridized carbons (Fsp3) is 0.727. The smallest absolute Gasteiger partial charge is 0.326 e. The molecule has 0 rings (SSSR count). The molecule has 0 saturated heterocycles. The number of aliphatic carboxylic acids is 1. The van der Waals surface area contributed by atoms with Gasteiger partial charge in [0.2, 0.25) is 11.8 Å². The van der Waals surface area contributed by atoms with Crippen LogP contribution in [0.5, 0.6) is 0 Å². The Labute approximate surface area is 106 Å². The van der Waals surface area contributed by atoms with Crippen LogP contribution in [0.4, 0.5) is 0 Å². The predicted octanol–water partition coefficient (Wildman–Crippen LogP) is -0.660. The fourth-order valence-electron chi connectivity index (χ4n) is 1.45. The van der Waals surface area contributed by atoms with Gasteiger partial charge in [0, 0.05) is 6.42 Å². The van der Waals surface area contributed by atoms with Crippen molar-refractivity contribution in [1.29, 1.82) is 0 Å². The van der Waals surface area contributed by atoms with Gasteiger partial charge in [-0.25, -0.2) is 4.79 Å². The standard InChI is InChI=1S/C11H21N3O4/c12-6-4-2-1-3-5-10(16)14-8(11(17)18)7-9(13)15/h8H,1-7,12H2,(H2,13,15)(H,14,16)(H,17,18)/t8-/m0/s1. The molecule has 7 nitrogen and oxygen atoms in total. The van der Waals surface area contributed by atoms with Crippen molar-refractivity contribution in [2.24, 2.45) is 11.5 Å². The summed E-state index contributed by atoms with van der Waals surface area (Å²) in [7, 11) is 0. The van der Waals surface area contributed by atoms with Gasteiger partial charge in [-0.2, -0.15) is 0 Å². The normalized spacial score (nSPS) is 11.8. The maximum Gasteiger partial charge on any atom is 0.326 e. The first kappa shape index (κ1) is 16.4. The van der Waals surface area contributed by atoms with E-state index in [1.165, 1.54) is 0 Å². The number of carbonyl (C=O) groups is 3. The zero-order valence-electron chi connectivity index (χ0n) is 10.4. The second-order valence-corrected chi connectivity index (χ2v) is 4.08. The van der Waals surface area contributed by atoms with Gasteiger partial charge in [0.15, 0.2) is 0 Å². The molecule has 104 valence electrons. The highest BCUT2D eigenvalue weighted by Gasteiger charge is 2.21. The summed E-state index contributed by atoms with van der Waals surface area (Å²) in [6.45, 7) is 0.631. The van der Waals surface area contributed by atoms with Crippen LogP contribution in [0.25, 0.3) is 0 Å². The van der Waals surface area contributed by atoms with E-state index in [-0.39, 0.29) is 12.3 Å². The molecule has 1 atom stereocenters. The average molecular weight is 259 g/mol. The first-order valence-corrected chi connectivity index (χ1v) is 5.98. The van der Waals surface area contributed by atoms with Crippen molar-refractivity contribution in [3.8, 4) is 0 Å². The molecule has 7 heteroatoms. The number of hydrogen-bond acceptors (Lipinski definition) is 4. The number of hydrogen-bond donors (Lipinski definition) is 4. The van der Waals surface area contributed by atoms with Crippen LogP contribution in [-0.2, 0) is 14.4 Å². The van der Waals surface area contributed by atoms with Crippen molar-refractivity contribution in [3.05, 3.63) is 0 Å². The van der Waals surface area contributed by atoms with Crippen LogP contribution in [0.1, 0.15) is 38.5 Å². The molecule has 0 saturated carbocycles. The van der Waals surface area contributed by atoms with Gasteiger partial charge in [0.25, 0.3) is 0 Å². The molecule has 0 aromatic carbocycles. The van der Waals surface area contributed by atoms with Gasteiger partial charge >= 0.3 is 5.97 Å². The highest BCUT2D eigenvalue weighted by atomic mass is 16.4. The third-order valence-electron chi connectivity index (χ3n) is 2.40. The van der Waals surface area contributed by atoms with E-state index < -0.39 is 24.3 Å². The van der Waals surface area contributed by atoms with E-state index in [4.69, 9.17) is 16.6 Å². The minimum absolute atomic E-state index is 0.243. The number of unbranched alkanes of at least 4 members (excludes halogenated alkanes) is 3. The summed E-state index contributed by atoms with van der Waals surface area (Å²) in [5.74, 6) is -2.40. The van der Waals surface area contributed by atoms with Crippen LogP contribution < -0.4 is 16.8 Å². The monoisotopic (exact) mass is 259 g/mol. The van der Waals surface area contributed by atoms with Gasteiger partial charge in [-0.05, 0) is 19.4 Å². The minimum Gasteiger partial charge on any atom is -0.480 e. The van der Waals surface area contributed by atoms with E-state index in [0.717, 1.165) is 19.3 Å². The van der Waals surface area contributed by atoms with E-state index in [2.05, 4.69) is 5.32 Å². The third kappa shape index (κ3) is 8.51. The Hall–Kier alpha value is -1.63. The van der Waals surface area contributed by atoms with Crippen LogP contribution >= 0.6 is 0 Å². The minimum atomic E-state index is -1.26. The quantitative estimate of drug-likeness (QED) is 0.386. The number of carboxylic acid groups (broad SMARTS) is 1. The summed E-state index contributed by atoms with van der Waals surface area (Å²) in [4.78, 5) is 32.8. The van der Waals surface area contributed by atoms with Crippen LogP contribution in [0, 0.1) is 0 Å². The molecule has 0 fully saturated rings. The van der Waals surface area contributed by atoms with Crippen molar-refractivity contribution in [1.82, 2.24) is 5.32 Å². The maximum absolute atomic E-state index is 11.4. The number of nitrogens with two attached hydrogens (primary N) is 2.